The monoisotopic (exact) mass is 222 g/mol. The second-order valence-electron chi connectivity index (χ2n) is 3.84. The highest BCUT2D eigenvalue weighted by atomic mass is 32.2. The third-order valence-electron chi connectivity index (χ3n) is 2.88. The van der Waals surface area contributed by atoms with Crippen LogP contribution in [0.5, 0.6) is 5.75 Å². The van der Waals surface area contributed by atoms with Crippen LogP contribution in [0.15, 0.2) is 23.1 Å². The minimum Gasteiger partial charge on any atom is -0.497 e. The summed E-state index contributed by atoms with van der Waals surface area (Å²) in [6.45, 7) is 4.09. The van der Waals surface area contributed by atoms with Gasteiger partial charge in [0.2, 0.25) is 0 Å². The Hall–Kier alpha value is -0.960. The molecule has 0 saturated heterocycles. The Balaban J connectivity index is 2.47. The molecule has 1 heterocycles. The lowest BCUT2D eigenvalue weighted by atomic mass is 9.96. The Kier molecular flexibility index (Phi) is 2.74. The zero-order valence-electron chi connectivity index (χ0n) is 9.11. The maximum atomic E-state index is 12.0. The van der Waals surface area contributed by atoms with Crippen LogP contribution in [-0.4, -0.2) is 18.1 Å². The molecule has 0 N–H and O–H groups in total. The van der Waals surface area contributed by atoms with Crippen molar-refractivity contribution in [2.75, 3.05) is 7.11 Å². The Bertz CT molecular complexity index is 401. The first-order chi connectivity index (χ1) is 7.13. The summed E-state index contributed by atoms with van der Waals surface area (Å²) in [6, 6.07) is 5.72. The molecule has 2 rings (SSSR count). The lowest BCUT2D eigenvalue weighted by Gasteiger charge is -2.26. The van der Waals surface area contributed by atoms with Crippen LogP contribution in [0.4, 0.5) is 0 Å². The van der Waals surface area contributed by atoms with E-state index < -0.39 is 0 Å². The fourth-order valence-electron chi connectivity index (χ4n) is 1.69. The van der Waals surface area contributed by atoms with Crippen LogP contribution in [0.3, 0.4) is 0 Å². The summed E-state index contributed by atoms with van der Waals surface area (Å²) in [5.41, 5.74) is 0.810. The summed E-state index contributed by atoms with van der Waals surface area (Å²) in [5, 5.41) is 0.360. The molecule has 0 bridgehead atoms. The molecule has 0 radical (unpaired) electrons. The number of carbonyl (C=O) groups is 1. The van der Waals surface area contributed by atoms with Gasteiger partial charge >= 0.3 is 0 Å². The standard InChI is InChI=1S/C12H14O2S/c1-7-8(2)15-11-5-4-9(14-3)6-10(11)12(7)13/h4-8H,1-3H3/t7-,8-/m1/s1. The molecule has 3 heteroatoms. The van der Waals surface area contributed by atoms with Crippen molar-refractivity contribution in [3.8, 4) is 5.75 Å². The van der Waals surface area contributed by atoms with Gasteiger partial charge in [0.1, 0.15) is 5.75 Å². The number of rotatable bonds is 1. The van der Waals surface area contributed by atoms with Crippen molar-refractivity contribution in [1.82, 2.24) is 0 Å². The summed E-state index contributed by atoms with van der Waals surface area (Å²) < 4.78 is 5.13. The van der Waals surface area contributed by atoms with E-state index in [9.17, 15) is 4.79 Å². The van der Waals surface area contributed by atoms with Gasteiger partial charge in [0, 0.05) is 21.6 Å². The minimum atomic E-state index is 0.0922. The van der Waals surface area contributed by atoms with Gasteiger partial charge in [-0.05, 0) is 18.2 Å². The van der Waals surface area contributed by atoms with Crippen LogP contribution in [0, 0.1) is 5.92 Å². The normalized spacial score (nSPS) is 24.9. The number of thioether (sulfide) groups is 1. The van der Waals surface area contributed by atoms with E-state index in [1.165, 1.54) is 0 Å². The van der Waals surface area contributed by atoms with Gasteiger partial charge < -0.3 is 4.74 Å². The zero-order chi connectivity index (χ0) is 11.0. The van der Waals surface area contributed by atoms with Gasteiger partial charge in [0.05, 0.1) is 7.11 Å². The van der Waals surface area contributed by atoms with Crippen molar-refractivity contribution >= 4 is 17.5 Å². The number of Topliss-reactive ketones (excluding diaryl/α,β-unsaturated/α-hetero) is 1. The van der Waals surface area contributed by atoms with E-state index >= 15 is 0 Å². The minimum absolute atomic E-state index is 0.0922. The van der Waals surface area contributed by atoms with E-state index in [2.05, 4.69) is 6.92 Å². The highest BCUT2D eigenvalue weighted by molar-refractivity contribution is 8.00. The fourth-order valence-corrected chi connectivity index (χ4v) is 2.85. The SMILES string of the molecule is COc1ccc2c(c1)C(=O)[C@H](C)[C@@H](C)S2. The molecule has 0 spiro atoms. The molecule has 2 nitrogen and oxygen atoms in total. The van der Waals surface area contributed by atoms with Crippen LogP contribution >= 0.6 is 11.8 Å². The second-order valence-corrected chi connectivity index (χ2v) is 5.26. The lowest BCUT2D eigenvalue weighted by Crippen LogP contribution is -2.25. The van der Waals surface area contributed by atoms with Crippen molar-refractivity contribution in [2.24, 2.45) is 5.92 Å². The molecule has 0 aliphatic carbocycles. The summed E-state index contributed by atoms with van der Waals surface area (Å²) in [5.74, 6) is 1.08. The average molecular weight is 222 g/mol. The number of methoxy groups -OCH3 is 1. The Morgan fingerprint density at radius 2 is 2.07 bits per heavy atom. The van der Waals surface area contributed by atoms with E-state index in [1.807, 2.05) is 25.1 Å². The molecule has 0 saturated carbocycles. The van der Waals surface area contributed by atoms with Gasteiger partial charge in [-0.1, -0.05) is 13.8 Å². The lowest BCUT2D eigenvalue weighted by molar-refractivity contribution is 0.0923. The largest absolute Gasteiger partial charge is 0.497 e. The van der Waals surface area contributed by atoms with E-state index in [4.69, 9.17) is 4.74 Å². The van der Waals surface area contributed by atoms with Gasteiger partial charge in [-0.15, -0.1) is 11.8 Å². The van der Waals surface area contributed by atoms with E-state index in [0.29, 0.717) is 5.25 Å². The summed E-state index contributed by atoms with van der Waals surface area (Å²) in [7, 11) is 1.62. The number of benzene rings is 1. The average Bonchev–Trinajstić information content (AvgIpc) is 2.26. The number of ether oxygens (including phenoxy) is 1. The molecule has 1 aromatic rings. The second kappa shape index (κ2) is 3.89. The first-order valence-electron chi connectivity index (χ1n) is 5.02. The Morgan fingerprint density at radius 3 is 2.73 bits per heavy atom. The summed E-state index contributed by atoms with van der Waals surface area (Å²) >= 11 is 1.77. The van der Waals surface area contributed by atoms with E-state index in [0.717, 1.165) is 16.2 Å². The van der Waals surface area contributed by atoms with Crippen molar-refractivity contribution in [3.05, 3.63) is 23.8 Å². The third kappa shape index (κ3) is 1.76. The Labute approximate surface area is 94.0 Å². The number of hydrogen-bond donors (Lipinski definition) is 0. The van der Waals surface area contributed by atoms with Crippen LogP contribution in [0.2, 0.25) is 0 Å². The molecule has 0 aromatic heterocycles. The maximum Gasteiger partial charge on any atom is 0.168 e. The summed E-state index contributed by atoms with van der Waals surface area (Å²) in [6.07, 6.45) is 0. The van der Waals surface area contributed by atoms with E-state index in [-0.39, 0.29) is 11.7 Å². The third-order valence-corrected chi connectivity index (χ3v) is 4.27. The topological polar surface area (TPSA) is 26.3 Å². The molecular weight excluding hydrogens is 208 g/mol. The molecule has 0 fully saturated rings. The van der Waals surface area contributed by atoms with Crippen LogP contribution in [0.1, 0.15) is 24.2 Å². The number of fused-ring (bicyclic) bond motifs is 1. The number of carbonyl (C=O) groups excluding carboxylic acids is 1. The van der Waals surface area contributed by atoms with Crippen molar-refractivity contribution in [3.63, 3.8) is 0 Å². The van der Waals surface area contributed by atoms with Gasteiger partial charge in [-0.2, -0.15) is 0 Å². The molecule has 1 aromatic carbocycles. The molecular formula is C12H14O2S. The molecule has 1 aliphatic rings. The first-order valence-corrected chi connectivity index (χ1v) is 5.90. The molecule has 0 unspecified atom stereocenters. The van der Waals surface area contributed by atoms with Crippen molar-refractivity contribution in [2.45, 2.75) is 24.0 Å². The zero-order valence-corrected chi connectivity index (χ0v) is 9.93. The van der Waals surface area contributed by atoms with Gasteiger partial charge in [0.15, 0.2) is 5.78 Å². The van der Waals surface area contributed by atoms with Crippen LogP contribution < -0.4 is 4.74 Å². The quantitative estimate of drug-likeness (QED) is 0.730. The summed E-state index contributed by atoms with van der Waals surface area (Å²) in [4.78, 5) is 13.1. The van der Waals surface area contributed by atoms with E-state index in [1.54, 1.807) is 18.9 Å². The Morgan fingerprint density at radius 1 is 1.33 bits per heavy atom. The maximum absolute atomic E-state index is 12.0. The highest BCUT2D eigenvalue weighted by Gasteiger charge is 2.30. The predicted molar refractivity (Wildman–Crippen MR) is 61.8 cm³/mol. The van der Waals surface area contributed by atoms with Gasteiger partial charge in [0.25, 0.3) is 0 Å². The fraction of sp³-hybridized carbons (Fsp3) is 0.417. The van der Waals surface area contributed by atoms with Gasteiger partial charge in [-0.25, -0.2) is 0 Å². The molecule has 15 heavy (non-hydrogen) atoms. The molecule has 2 atom stereocenters. The molecule has 1 aliphatic heterocycles. The highest BCUT2D eigenvalue weighted by Crippen LogP contribution is 2.39. The predicted octanol–water partition coefficient (Wildman–Crippen LogP) is 3.01. The number of hydrogen-bond acceptors (Lipinski definition) is 3. The van der Waals surface area contributed by atoms with Crippen LogP contribution in [0.25, 0.3) is 0 Å². The smallest absolute Gasteiger partial charge is 0.168 e. The van der Waals surface area contributed by atoms with Gasteiger partial charge in [-0.3, -0.25) is 4.79 Å². The number of ketones is 1. The molecule has 80 valence electrons. The molecule has 0 amide bonds. The first kappa shape index (κ1) is 10.6. The van der Waals surface area contributed by atoms with Crippen molar-refractivity contribution < 1.29 is 9.53 Å². The van der Waals surface area contributed by atoms with Crippen molar-refractivity contribution in [1.29, 1.82) is 0 Å². The van der Waals surface area contributed by atoms with Crippen LogP contribution in [-0.2, 0) is 0 Å².